The van der Waals surface area contributed by atoms with Crippen LogP contribution in [0, 0.1) is 5.82 Å². The Balaban J connectivity index is 1.78. The first-order valence-corrected chi connectivity index (χ1v) is 8.28. The van der Waals surface area contributed by atoms with Crippen LogP contribution in [-0.4, -0.2) is 54.5 Å². The van der Waals surface area contributed by atoms with Crippen LogP contribution in [0.5, 0.6) is 0 Å². The van der Waals surface area contributed by atoms with Crippen LogP contribution in [0.3, 0.4) is 0 Å². The number of carbonyl (C=O) groups excluding carboxylic acids is 1. The van der Waals surface area contributed by atoms with Gasteiger partial charge in [0.25, 0.3) is 5.91 Å². The molecule has 2 rings (SSSR count). The summed E-state index contributed by atoms with van der Waals surface area (Å²) in [6.07, 6.45) is 2.99. The van der Waals surface area contributed by atoms with Crippen LogP contribution in [0.25, 0.3) is 0 Å². The average Bonchev–Trinajstić information content (AvgIpc) is 2.60. The van der Waals surface area contributed by atoms with Crippen LogP contribution >= 0.6 is 0 Å². The molecule has 0 aliphatic heterocycles. The van der Waals surface area contributed by atoms with E-state index in [2.05, 4.69) is 25.5 Å². The van der Waals surface area contributed by atoms with Crippen molar-refractivity contribution < 1.29 is 9.18 Å². The van der Waals surface area contributed by atoms with Crippen molar-refractivity contribution in [2.45, 2.75) is 12.8 Å². The second-order valence-electron chi connectivity index (χ2n) is 6.00. The van der Waals surface area contributed by atoms with Gasteiger partial charge in [0, 0.05) is 19.2 Å². The van der Waals surface area contributed by atoms with Gasteiger partial charge in [-0.1, -0.05) is 12.1 Å². The molecule has 2 aromatic rings. The minimum Gasteiger partial charge on any atom is -0.370 e. The zero-order valence-corrected chi connectivity index (χ0v) is 14.6. The predicted molar refractivity (Wildman–Crippen MR) is 96.1 cm³/mol. The molecular weight excluding hydrogens is 321 g/mol. The topological polar surface area (TPSA) is 70.2 Å². The normalized spacial score (nSPS) is 10.7. The van der Waals surface area contributed by atoms with Gasteiger partial charge >= 0.3 is 0 Å². The Bertz CT molecular complexity index is 675. The van der Waals surface area contributed by atoms with Crippen molar-refractivity contribution >= 4 is 11.7 Å². The number of rotatable bonds is 9. The summed E-state index contributed by atoms with van der Waals surface area (Å²) in [7, 11) is 4.05. The highest BCUT2D eigenvalue weighted by atomic mass is 19.1. The summed E-state index contributed by atoms with van der Waals surface area (Å²) >= 11 is 0. The summed E-state index contributed by atoms with van der Waals surface area (Å²) in [5, 5.41) is 6.00. The first-order chi connectivity index (χ1) is 12.0. The number of nitrogens with zero attached hydrogens (tertiary/aromatic N) is 3. The van der Waals surface area contributed by atoms with Crippen molar-refractivity contribution in [3.63, 3.8) is 0 Å². The Kier molecular flexibility index (Phi) is 7.28. The van der Waals surface area contributed by atoms with Crippen molar-refractivity contribution in [2.24, 2.45) is 0 Å². The Morgan fingerprint density at radius 3 is 2.64 bits per heavy atom. The standard InChI is InChI=1S/C18H24FN5O/c1-24(2)11-3-9-20-17-12-16(22-13-23-17)18(25)21-10-8-14-4-6-15(19)7-5-14/h4-7,12-13H,3,8-11H2,1-2H3,(H,21,25)(H,20,22,23). The van der Waals surface area contributed by atoms with Gasteiger partial charge in [0.05, 0.1) is 0 Å². The van der Waals surface area contributed by atoms with Gasteiger partial charge in [-0.25, -0.2) is 14.4 Å². The molecule has 0 spiro atoms. The maximum Gasteiger partial charge on any atom is 0.270 e. The third kappa shape index (κ3) is 6.84. The molecule has 0 aliphatic rings. The molecule has 6 nitrogen and oxygen atoms in total. The second-order valence-corrected chi connectivity index (χ2v) is 6.00. The summed E-state index contributed by atoms with van der Waals surface area (Å²) in [5.41, 5.74) is 1.29. The fourth-order valence-electron chi connectivity index (χ4n) is 2.25. The van der Waals surface area contributed by atoms with Crippen LogP contribution < -0.4 is 10.6 Å². The van der Waals surface area contributed by atoms with E-state index in [1.54, 1.807) is 18.2 Å². The fourth-order valence-corrected chi connectivity index (χ4v) is 2.25. The van der Waals surface area contributed by atoms with E-state index in [1.807, 2.05) is 14.1 Å². The number of halogens is 1. The van der Waals surface area contributed by atoms with Gasteiger partial charge in [-0.2, -0.15) is 0 Å². The Hall–Kier alpha value is -2.54. The van der Waals surface area contributed by atoms with Gasteiger partial charge in [-0.3, -0.25) is 4.79 Å². The summed E-state index contributed by atoms with van der Waals surface area (Å²) in [6, 6.07) is 7.89. The Labute approximate surface area is 147 Å². The van der Waals surface area contributed by atoms with Crippen LogP contribution in [0.4, 0.5) is 10.2 Å². The van der Waals surface area contributed by atoms with Crippen LogP contribution in [0.2, 0.25) is 0 Å². The third-order valence-corrected chi connectivity index (χ3v) is 3.60. The van der Waals surface area contributed by atoms with Gasteiger partial charge in [-0.15, -0.1) is 0 Å². The van der Waals surface area contributed by atoms with Crippen LogP contribution in [0.15, 0.2) is 36.7 Å². The largest absolute Gasteiger partial charge is 0.370 e. The second kappa shape index (κ2) is 9.68. The molecule has 134 valence electrons. The summed E-state index contributed by atoms with van der Waals surface area (Å²) in [4.78, 5) is 22.4. The van der Waals surface area contributed by atoms with Gasteiger partial charge in [0.15, 0.2) is 0 Å². The van der Waals surface area contributed by atoms with E-state index in [0.29, 0.717) is 24.5 Å². The highest BCUT2D eigenvalue weighted by Gasteiger charge is 2.08. The summed E-state index contributed by atoms with van der Waals surface area (Å²) in [6.45, 7) is 2.22. The number of carbonyl (C=O) groups is 1. The lowest BCUT2D eigenvalue weighted by molar-refractivity contribution is 0.0949. The minimum atomic E-state index is -0.264. The van der Waals surface area contributed by atoms with E-state index in [0.717, 1.165) is 25.1 Å². The Morgan fingerprint density at radius 1 is 1.16 bits per heavy atom. The minimum absolute atomic E-state index is 0.249. The number of aromatic nitrogens is 2. The molecular formula is C18H24FN5O. The lowest BCUT2D eigenvalue weighted by Crippen LogP contribution is -2.26. The number of benzene rings is 1. The highest BCUT2D eigenvalue weighted by molar-refractivity contribution is 5.92. The third-order valence-electron chi connectivity index (χ3n) is 3.60. The molecule has 0 unspecified atom stereocenters. The predicted octanol–water partition coefficient (Wildman–Crippen LogP) is 1.95. The molecule has 0 saturated carbocycles. The SMILES string of the molecule is CN(C)CCCNc1cc(C(=O)NCCc2ccc(F)cc2)ncn1. The van der Waals surface area contributed by atoms with E-state index < -0.39 is 0 Å². The van der Waals surface area contributed by atoms with E-state index in [-0.39, 0.29) is 11.7 Å². The molecule has 1 aromatic carbocycles. The van der Waals surface area contributed by atoms with Crippen molar-refractivity contribution in [2.75, 3.05) is 39.0 Å². The first kappa shape index (κ1) is 18.8. The number of nitrogens with one attached hydrogen (secondary N) is 2. The molecule has 2 N–H and O–H groups in total. The zero-order chi connectivity index (χ0) is 18.1. The maximum atomic E-state index is 12.9. The molecule has 0 saturated heterocycles. The molecule has 0 radical (unpaired) electrons. The Morgan fingerprint density at radius 2 is 1.92 bits per heavy atom. The molecule has 0 bridgehead atoms. The van der Waals surface area contributed by atoms with Crippen LogP contribution in [0.1, 0.15) is 22.5 Å². The van der Waals surface area contributed by atoms with Gasteiger partial charge in [-0.05, 0) is 51.2 Å². The molecule has 0 aliphatic carbocycles. The number of anilines is 1. The molecule has 1 heterocycles. The van der Waals surface area contributed by atoms with Gasteiger partial charge < -0.3 is 15.5 Å². The van der Waals surface area contributed by atoms with Crippen molar-refractivity contribution in [3.05, 3.63) is 53.7 Å². The quantitative estimate of drug-likeness (QED) is 0.680. The zero-order valence-electron chi connectivity index (χ0n) is 14.6. The highest BCUT2D eigenvalue weighted by Crippen LogP contribution is 2.05. The number of hydrogen-bond donors (Lipinski definition) is 2. The van der Waals surface area contributed by atoms with Gasteiger partial charge in [0.2, 0.25) is 0 Å². The summed E-state index contributed by atoms with van der Waals surface area (Å²) in [5.74, 6) is 0.123. The fraction of sp³-hybridized carbons (Fsp3) is 0.389. The molecule has 1 amide bonds. The lowest BCUT2D eigenvalue weighted by Gasteiger charge is -2.10. The van der Waals surface area contributed by atoms with E-state index in [4.69, 9.17) is 0 Å². The van der Waals surface area contributed by atoms with Crippen LogP contribution in [-0.2, 0) is 6.42 Å². The van der Waals surface area contributed by atoms with Gasteiger partial charge in [0.1, 0.15) is 23.7 Å². The van der Waals surface area contributed by atoms with E-state index >= 15 is 0 Å². The van der Waals surface area contributed by atoms with E-state index in [1.165, 1.54) is 18.5 Å². The smallest absolute Gasteiger partial charge is 0.270 e. The molecule has 1 aromatic heterocycles. The lowest BCUT2D eigenvalue weighted by atomic mass is 10.1. The molecule has 0 atom stereocenters. The summed E-state index contributed by atoms with van der Waals surface area (Å²) < 4.78 is 12.9. The van der Waals surface area contributed by atoms with Crippen molar-refractivity contribution in [1.29, 1.82) is 0 Å². The number of amides is 1. The average molecular weight is 345 g/mol. The van der Waals surface area contributed by atoms with Crippen molar-refractivity contribution in [3.8, 4) is 0 Å². The van der Waals surface area contributed by atoms with E-state index in [9.17, 15) is 9.18 Å². The molecule has 0 fully saturated rings. The van der Waals surface area contributed by atoms with Crippen molar-refractivity contribution in [1.82, 2.24) is 20.2 Å². The monoisotopic (exact) mass is 345 g/mol. The molecule has 7 heteroatoms. The first-order valence-electron chi connectivity index (χ1n) is 8.28. The maximum absolute atomic E-state index is 12.9. The molecule has 25 heavy (non-hydrogen) atoms. The number of hydrogen-bond acceptors (Lipinski definition) is 5.